The maximum atomic E-state index is 13.1. The van der Waals surface area contributed by atoms with E-state index in [4.69, 9.17) is 9.47 Å². The molecule has 0 aromatic heterocycles. The first-order chi connectivity index (χ1) is 17.2. The van der Waals surface area contributed by atoms with Crippen molar-refractivity contribution in [3.05, 3.63) is 71.8 Å². The molecule has 196 valence electrons. The molecule has 2 aromatic carbocycles. The van der Waals surface area contributed by atoms with E-state index in [0.717, 1.165) is 11.1 Å². The van der Waals surface area contributed by atoms with Gasteiger partial charge in [-0.25, -0.2) is 9.59 Å². The third-order valence-electron chi connectivity index (χ3n) is 5.03. The van der Waals surface area contributed by atoms with Gasteiger partial charge in [0.05, 0.1) is 0 Å². The van der Waals surface area contributed by atoms with Gasteiger partial charge >= 0.3 is 12.2 Å². The number of hydrogen-bond donors (Lipinski definition) is 3. The molecule has 0 aliphatic carbocycles. The van der Waals surface area contributed by atoms with E-state index in [-0.39, 0.29) is 18.6 Å². The van der Waals surface area contributed by atoms with Crippen LogP contribution in [-0.4, -0.2) is 47.7 Å². The van der Waals surface area contributed by atoms with E-state index < -0.39 is 23.8 Å². The Morgan fingerprint density at radius 2 is 1.50 bits per heavy atom. The molecule has 2 atom stereocenters. The molecular formula is C27H36BrN3O5. The zero-order valence-corrected chi connectivity index (χ0v) is 22.7. The molecule has 8 nitrogen and oxygen atoms in total. The highest BCUT2D eigenvalue weighted by Gasteiger charge is 2.26. The van der Waals surface area contributed by atoms with Crippen molar-refractivity contribution < 1.29 is 23.9 Å². The number of hydrogen-bond acceptors (Lipinski definition) is 5. The molecule has 3 amide bonds. The number of amides is 3. The normalized spacial score (nSPS) is 12.7. The van der Waals surface area contributed by atoms with Crippen LogP contribution < -0.4 is 16.0 Å². The molecule has 0 spiro atoms. The van der Waals surface area contributed by atoms with Crippen LogP contribution in [0.5, 0.6) is 0 Å². The maximum Gasteiger partial charge on any atom is 0.408 e. The fourth-order valence-corrected chi connectivity index (χ4v) is 3.80. The van der Waals surface area contributed by atoms with Crippen molar-refractivity contribution >= 4 is 34.0 Å². The van der Waals surface area contributed by atoms with Crippen LogP contribution in [0.3, 0.4) is 0 Å². The summed E-state index contributed by atoms with van der Waals surface area (Å²) < 4.78 is 10.6. The van der Waals surface area contributed by atoms with E-state index in [2.05, 4.69) is 31.9 Å². The Balaban J connectivity index is 1.82. The third kappa shape index (κ3) is 12.1. The SMILES string of the molecule is CC(C)(C)OC(=O)N[C@@H](Cc1ccccc1)C(=O)N[C@H](CBr)CCCNC(=O)OCc1ccccc1. The third-order valence-corrected chi connectivity index (χ3v) is 5.82. The molecule has 36 heavy (non-hydrogen) atoms. The number of alkyl carbamates (subject to hydrolysis) is 2. The molecule has 2 rings (SSSR count). The van der Waals surface area contributed by atoms with Gasteiger partial charge in [0.1, 0.15) is 18.2 Å². The van der Waals surface area contributed by atoms with Crippen molar-refractivity contribution in [2.45, 2.75) is 64.3 Å². The summed E-state index contributed by atoms with van der Waals surface area (Å²) >= 11 is 3.44. The van der Waals surface area contributed by atoms with Crippen molar-refractivity contribution in [2.75, 3.05) is 11.9 Å². The first-order valence-electron chi connectivity index (χ1n) is 12.0. The minimum absolute atomic E-state index is 0.182. The number of nitrogens with one attached hydrogen (secondary N) is 3. The van der Waals surface area contributed by atoms with Gasteiger partial charge in [-0.15, -0.1) is 0 Å². The summed E-state index contributed by atoms with van der Waals surface area (Å²) in [6.45, 7) is 5.93. The van der Waals surface area contributed by atoms with Crippen molar-refractivity contribution in [3.8, 4) is 0 Å². The monoisotopic (exact) mass is 561 g/mol. The van der Waals surface area contributed by atoms with E-state index in [9.17, 15) is 14.4 Å². The molecule has 0 heterocycles. The van der Waals surface area contributed by atoms with Gasteiger partial charge in [0, 0.05) is 24.3 Å². The number of benzene rings is 2. The molecule has 0 saturated carbocycles. The number of rotatable bonds is 12. The average molecular weight is 563 g/mol. The Bertz CT molecular complexity index is 951. The van der Waals surface area contributed by atoms with E-state index in [1.165, 1.54) is 0 Å². The number of alkyl halides is 1. The van der Waals surface area contributed by atoms with Crippen LogP contribution in [-0.2, 0) is 27.3 Å². The molecule has 2 aromatic rings. The summed E-state index contributed by atoms with van der Waals surface area (Å²) in [6.07, 6.45) is 0.464. The lowest BCUT2D eigenvalue weighted by molar-refractivity contribution is -0.123. The minimum atomic E-state index is -0.796. The number of ether oxygens (including phenoxy) is 2. The first-order valence-corrected chi connectivity index (χ1v) is 13.1. The predicted molar refractivity (Wildman–Crippen MR) is 143 cm³/mol. The first kappa shape index (κ1) is 29.2. The Kier molecular flexibility index (Phi) is 12.3. The van der Waals surface area contributed by atoms with Gasteiger partial charge in [-0.3, -0.25) is 4.79 Å². The molecular weight excluding hydrogens is 526 g/mol. The van der Waals surface area contributed by atoms with Crippen LogP contribution in [0.1, 0.15) is 44.7 Å². The molecule has 9 heteroatoms. The fourth-order valence-electron chi connectivity index (χ4n) is 3.31. The molecule has 0 fully saturated rings. The average Bonchev–Trinajstić information content (AvgIpc) is 2.84. The van der Waals surface area contributed by atoms with Gasteiger partial charge in [-0.2, -0.15) is 0 Å². The Labute approximate surface area is 221 Å². The number of carbonyl (C=O) groups excluding carboxylic acids is 3. The quantitative estimate of drug-likeness (QED) is 0.257. The lowest BCUT2D eigenvalue weighted by Crippen LogP contribution is -2.52. The molecule has 0 aliphatic heterocycles. The van der Waals surface area contributed by atoms with Crippen LogP contribution in [0.15, 0.2) is 60.7 Å². The second-order valence-electron chi connectivity index (χ2n) is 9.38. The molecule has 3 N–H and O–H groups in total. The second kappa shape index (κ2) is 15.1. The zero-order valence-electron chi connectivity index (χ0n) is 21.1. The van der Waals surface area contributed by atoms with E-state index in [1.54, 1.807) is 20.8 Å². The van der Waals surface area contributed by atoms with Crippen LogP contribution in [0.4, 0.5) is 9.59 Å². The van der Waals surface area contributed by atoms with Crippen molar-refractivity contribution in [3.63, 3.8) is 0 Å². The van der Waals surface area contributed by atoms with Gasteiger partial charge in [0.15, 0.2) is 0 Å². The van der Waals surface area contributed by atoms with Crippen LogP contribution in [0.25, 0.3) is 0 Å². The van der Waals surface area contributed by atoms with E-state index in [0.29, 0.717) is 31.1 Å². The topological polar surface area (TPSA) is 106 Å². The summed E-state index contributed by atoms with van der Waals surface area (Å²) in [5.41, 5.74) is 1.16. The van der Waals surface area contributed by atoms with E-state index in [1.807, 2.05) is 60.7 Å². The molecule has 0 radical (unpaired) electrons. The maximum absolute atomic E-state index is 13.1. The highest BCUT2D eigenvalue weighted by atomic mass is 79.9. The molecule has 0 aliphatic rings. The van der Waals surface area contributed by atoms with Crippen LogP contribution in [0.2, 0.25) is 0 Å². The summed E-state index contributed by atoms with van der Waals surface area (Å²) in [5.74, 6) is -0.301. The summed E-state index contributed by atoms with van der Waals surface area (Å²) in [7, 11) is 0. The summed E-state index contributed by atoms with van der Waals surface area (Å²) in [4.78, 5) is 37.4. The van der Waals surface area contributed by atoms with Gasteiger partial charge in [0.25, 0.3) is 0 Å². The van der Waals surface area contributed by atoms with E-state index >= 15 is 0 Å². The summed E-state index contributed by atoms with van der Waals surface area (Å²) in [6, 6.07) is 18.0. The highest BCUT2D eigenvalue weighted by molar-refractivity contribution is 9.09. The fraction of sp³-hybridized carbons (Fsp3) is 0.444. The minimum Gasteiger partial charge on any atom is -0.445 e. The van der Waals surface area contributed by atoms with Gasteiger partial charge < -0.3 is 25.4 Å². The largest absolute Gasteiger partial charge is 0.445 e. The van der Waals surface area contributed by atoms with Crippen LogP contribution >= 0.6 is 15.9 Å². The predicted octanol–water partition coefficient (Wildman–Crippen LogP) is 4.71. The standard InChI is InChI=1S/C27H36BrN3O5/c1-27(2,3)36-26(34)31-23(17-20-11-6-4-7-12-20)24(32)30-22(18-28)15-10-16-29-25(33)35-19-21-13-8-5-9-14-21/h4-9,11-14,22-23H,10,15-19H2,1-3H3,(H,29,33)(H,30,32)(H,31,34)/t22-,23-/m0/s1. The summed E-state index contributed by atoms with van der Waals surface area (Å²) in [5, 5.41) is 8.94. The van der Waals surface area contributed by atoms with Gasteiger partial charge in [-0.1, -0.05) is 76.6 Å². The highest BCUT2D eigenvalue weighted by Crippen LogP contribution is 2.10. The van der Waals surface area contributed by atoms with Gasteiger partial charge in [-0.05, 0) is 44.7 Å². The van der Waals surface area contributed by atoms with Crippen molar-refractivity contribution in [2.24, 2.45) is 0 Å². The Morgan fingerprint density at radius 3 is 2.08 bits per heavy atom. The Hall–Kier alpha value is -3.07. The molecule has 0 unspecified atom stereocenters. The Morgan fingerprint density at radius 1 is 0.889 bits per heavy atom. The van der Waals surface area contributed by atoms with Crippen LogP contribution in [0, 0.1) is 0 Å². The van der Waals surface area contributed by atoms with Gasteiger partial charge in [0.2, 0.25) is 5.91 Å². The molecule has 0 saturated heterocycles. The smallest absolute Gasteiger partial charge is 0.408 e. The van der Waals surface area contributed by atoms with Crippen molar-refractivity contribution in [1.82, 2.24) is 16.0 Å². The lowest BCUT2D eigenvalue weighted by atomic mass is 10.0. The van der Waals surface area contributed by atoms with Crippen molar-refractivity contribution in [1.29, 1.82) is 0 Å². The number of halogens is 1. The second-order valence-corrected chi connectivity index (χ2v) is 10.0. The molecule has 0 bridgehead atoms. The number of carbonyl (C=O) groups is 3. The zero-order chi connectivity index (χ0) is 26.4. The lowest BCUT2D eigenvalue weighted by Gasteiger charge is -2.25.